The van der Waals surface area contributed by atoms with Crippen molar-refractivity contribution < 1.29 is 4.74 Å². The Hall–Kier alpha value is -2.78. The van der Waals surface area contributed by atoms with Crippen molar-refractivity contribution in [3.8, 4) is 5.75 Å². The van der Waals surface area contributed by atoms with Gasteiger partial charge in [0.25, 0.3) is 0 Å². The van der Waals surface area contributed by atoms with Gasteiger partial charge in [0, 0.05) is 24.5 Å². The average Bonchev–Trinajstić information content (AvgIpc) is 2.69. The number of hydrogen-bond acceptors (Lipinski definition) is 3. The first-order chi connectivity index (χ1) is 12.4. The van der Waals surface area contributed by atoms with Crippen LogP contribution in [0.5, 0.6) is 5.75 Å². The van der Waals surface area contributed by atoms with Crippen LogP contribution in [0, 0.1) is 0 Å². The molecule has 3 rings (SSSR count). The maximum Gasteiger partial charge on any atom is 0.119 e. The Morgan fingerprint density at radius 1 is 0.760 bits per heavy atom. The van der Waals surface area contributed by atoms with Crippen LogP contribution >= 0.6 is 0 Å². The SMILES string of the molecule is CNCCOc1ccc(CN(c2ccccc2)c2ccccc2)cc1. The molecule has 128 valence electrons. The van der Waals surface area contributed by atoms with Gasteiger partial charge in [-0.25, -0.2) is 0 Å². The molecule has 0 heterocycles. The molecule has 0 aliphatic rings. The molecule has 0 aliphatic carbocycles. The first-order valence-electron chi connectivity index (χ1n) is 8.61. The minimum absolute atomic E-state index is 0.677. The number of anilines is 2. The normalized spacial score (nSPS) is 10.4. The zero-order chi connectivity index (χ0) is 17.3. The second-order valence-electron chi connectivity index (χ2n) is 5.85. The molecular weight excluding hydrogens is 308 g/mol. The number of likely N-dealkylation sites (N-methyl/N-ethyl adjacent to an activating group) is 1. The molecule has 0 unspecified atom stereocenters. The summed E-state index contributed by atoms with van der Waals surface area (Å²) in [5, 5.41) is 3.08. The van der Waals surface area contributed by atoms with Crippen molar-refractivity contribution in [2.45, 2.75) is 6.54 Å². The van der Waals surface area contributed by atoms with Gasteiger partial charge in [-0.1, -0.05) is 48.5 Å². The van der Waals surface area contributed by atoms with E-state index in [1.807, 2.05) is 31.3 Å². The van der Waals surface area contributed by atoms with Crippen molar-refractivity contribution in [1.82, 2.24) is 5.32 Å². The highest BCUT2D eigenvalue weighted by Gasteiger charge is 2.09. The fraction of sp³-hybridized carbons (Fsp3) is 0.182. The van der Waals surface area contributed by atoms with Crippen LogP contribution in [0.3, 0.4) is 0 Å². The molecule has 0 saturated heterocycles. The number of benzene rings is 3. The third kappa shape index (κ3) is 4.85. The first kappa shape index (κ1) is 17.1. The molecule has 0 saturated carbocycles. The fourth-order valence-electron chi connectivity index (χ4n) is 2.69. The van der Waals surface area contributed by atoms with Crippen LogP contribution in [0.4, 0.5) is 11.4 Å². The van der Waals surface area contributed by atoms with E-state index in [2.05, 4.69) is 70.9 Å². The lowest BCUT2D eigenvalue weighted by atomic mass is 10.1. The summed E-state index contributed by atoms with van der Waals surface area (Å²) in [5.74, 6) is 0.907. The molecule has 3 aromatic carbocycles. The van der Waals surface area contributed by atoms with Gasteiger partial charge >= 0.3 is 0 Å². The minimum Gasteiger partial charge on any atom is -0.492 e. The smallest absolute Gasteiger partial charge is 0.119 e. The molecule has 0 radical (unpaired) electrons. The minimum atomic E-state index is 0.677. The van der Waals surface area contributed by atoms with Crippen molar-refractivity contribution >= 4 is 11.4 Å². The number of nitrogens with zero attached hydrogens (tertiary/aromatic N) is 1. The molecule has 0 atom stereocenters. The third-order valence-electron chi connectivity index (χ3n) is 4.02. The van der Waals surface area contributed by atoms with Crippen LogP contribution in [0.15, 0.2) is 84.9 Å². The number of para-hydroxylation sites is 2. The molecule has 3 nitrogen and oxygen atoms in total. The van der Waals surface area contributed by atoms with Crippen molar-refractivity contribution in [3.63, 3.8) is 0 Å². The van der Waals surface area contributed by atoms with Crippen LogP contribution in [0.1, 0.15) is 5.56 Å². The van der Waals surface area contributed by atoms with Crippen LogP contribution < -0.4 is 15.0 Å². The molecule has 3 heteroatoms. The maximum absolute atomic E-state index is 5.70. The lowest BCUT2D eigenvalue weighted by Crippen LogP contribution is -2.17. The molecule has 0 fully saturated rings. The van der Waals surface area contributed by atoms with Gasteiger partial charge in [-0.05, 0) is 49.0 Å². The Bertz CT molecular complexity index is 703. The van der Waals surface area contributed by atoms with Crippen LogP contribution in [-0.2, 0) is 6.54 Å². The first-order valence-corrected chi connectivity index (χ1v) is 8.61. The molecule has 0 aliphatic heterocycles. The van der Waals surface area contributed by atoms with E-state index < -0.39 is 0 Å². The van der Waals surface area contributed by atoms with Gasteiger partial charge < -0.3 is 15.0 Å². The number of rotatable bonds is 8. The quantitative estimate of drug-likeness (QED) is 0.609. The third-order valence-corrected chi connectivity index (χ3v) is 4.02. The molecule has 0 bridgehead atoms. The summed E-state index contributed by atoms with van der Waals surface area (Å²) in [4.78, 5) is 2.32. The zero-order valence-corrected chi connectivity index (χ0v) is 14.6. The number of nitrogens with one attached hydrogen (secondary N) is 1. The summed E-state index contributed by atoms with van der Waals surface area (Å²) in [5.41, 5.74) is 3.61. The van der Waals surface area contributed by atoms with E-state index in [0.717, 1.165) is 18.8 Å². The predicted molar refractivity (Wildman–Crippen MR) is 105 cm³/mol. The lowest BCUT2D eigenvalue weighted by molar-refractivity contribution is 0.318. The Kier molecular flexibility index (Phi) is 6.07. The standard InChI is InChI=1S/C22H24N2O/c1-23-16-17-25-22-14-12-19(13-15-22)18-24(20-8-4-2-5-9-20)21-10-6-3-7-11-21/h2-15,23H,16-18H2,1H3. The summed E-state index contributed by atoms with van der Waals surface area (Å²) in [6.45, 7) is 2.33. The highest BCUT2D eigenvalue weighted by atomic mass is 16.5. The van der Waals surface area contributed by atoms with E-state index in [9.17, 15) is 0 Å². The largest absolute Gasteiger partial charge is 0.492 e. The van der Waals surface area contributed by atoms with Gasteiger partial charge in [0.2, 0.25) is 0 Å². The molecule has 1 N–H and O–H groups in total. The topological polar surface area (TPSA) is 24.5 Å². The van der Waals surface area contributed by atoms with Crippen LogP contribution in [0.2, 0.25) is 0 Å². The summed E-state index contributed by atoms with van der Waals surface area (Å²) in [7, 11) is 1.92. The molecule has 0 aromatic heterocycles. The summed E-state index contributed by atoms with van der Waals surface area (Å²) >= 11 is 0. The zero-order valence-electron chi connectivity index (χ0n) is 14.6. The van der Waals surface area contributed by atoms with Gasteiger partial charge in [-0.15, -0.1) is 0 Å². The number of ether oxygens (including phenoxy) is 1. The maximum atomic E-state index is 5.70. The van der Waals surface area contributed by atoms with Gasteiger partial charge in [-0.2, -0.15) is 0 Å². The Labute approximate surface area is 149 Å². The van der Waals surface area contributed by atoms with E-state index in [-0.39, 0.29) is 0 Å². The molecule has 0 amide bonds. The Morgan fingerprint density at radius 3 is 1.84 bits per heavy atom. The second-order valence-corrected chi connectivity index (χ2v) is 5.85. The van der Waals surface area contributed by atoms with Crippen LogP contribution in [-0.4, -0.2) is 20.2 Å². The predicted octanol–water partition coefficient (Wildman–Crippen LogP) is 4.62. The molecular formula is C22H24N2O. The fourth-order valence-corrected chi connectivity index (χ4v) is 2.69. The van der Waals surface area contributed by atoms with E-state index in [4.69, 9.17) is 4.74 Å². The summed E-state index contributed by atoms with van der Waals surface area (Å²) in [6.07, 6.45) is 0. The average molecular weight is 332 g/mol. The van der Waals surface area contributed by atoms with Crippen LogP contribution in [0.25, 0.3) is 0 Å². The summed E-state index contributed by atoms with van der Waals surface area (Å²) < 4.78 is 5.70. The van der Waals surface area contributed by atoms with Crippen molar-refractivity contribution in [2.24, 2.45) is 0 Å². The van der Waals surface area contributed by atoms with E-state index in [1.54, 1.807) is 0 Å². The van der Waals surface area contributed by atoms with Crippen molar-refractivity contribution in [3.05, 3.63) is 90.5 Å². The highest BCUT2D eigenvalue weighted by Crippen LogP contribution is 2.27. The molecule has 25 heavy (non-hydrogen) atoms. The second kappa shape index (κ2) is 8.90. The Balaban J connectivity index is 1.77. The highest BCUT2D eigenvalue weighted by molar-refractivity contribution is 5.63. The van der Waals surface area contributed by atoms with E-state index in [0.29, 0.717) is 6.61 Å². The van der Waals surface area contributed by atoms with E-state index >= 15 is 0 Å². The van der Waals surface area contributed by atoms with Crippen molar-refractivity contribution in [2.75, 3.05) is 25.1 Å². The van der Waals surface area contributed by atoms with Crippen molar-refractivity contribution in [1.29, 1.82) is 0 Å². The molecule has 0 spiro atoms. The lowest BCUT2D eigenvalue weighted by Gasteiger charge is -2.25. The van der Waals surface area contributed by atoms with Gasteiger partial charge in [0.05, 0.1) is 0 Å². The van der Waals surface area contributed by atoms with Gasteiger partial charge in [0.1, 0.15) is 12.4 Å². The van der Waals surface area contributed by atoms with Gasteiger partial charge in [0.15, 0.2) is 0 Å². The van der Waals surface area contributed by atoms with Gasteiger partial charge in [-0.3, -0.25) is 0 Å². The Morgan fingerprint density at radius 2 is 1.32 bits per heavy atom. The molecule has 3 aromatic rings. The number of hydrogen-bond donors (Lipinski definition) is 1. The summed E-state index contributed by atoms with van der Waals surface area (Å²) in [6, 6.07) is 29.3. The monoisotopic (exact) mass is 332 g/mol. The van der Waals surface area contributed by atoms with E-state index in [1.165, 1.54) is 16.9 Å².